The molecule has 0 bridgehead atoms. The molecule has 1 aliphatic carbocycles. The Balaban J connectivity index is 2.00. The number of rotatable bonds is 3. The van der Waals surface area contributed by atoms with Crippen molar-refractivity contribution in [1.29, 1.82) is 0 Å². The standard InChI is InChI=1S/C16H21NO3/c1-9(17)16(5-6-16)12-10-3-7-20-15(10)14(18-2)11-4-8-19-13(11)12/h9H,3-8,17H2,1-2H3. The average Bonchev–Trinajstić information content (AvgIpc) is 2.86. The first-order chi connectivity index (χ1) is 9.69. The Kier molecular flexibility index (Phi) is 2.49. The van der Waals surface area contributed by atoms with Crippen molar-refractivity contribution < 1.29 is 14.2 Å². The first kappa shape index (κ1) is 12.3. The number of ether oxygens (including phenoxy) is 3. The maximum Gasteiger partial charge on any atom is 0.168 e. The van der Waals surface area contributed by atoms with Crippen LogP contribution in [0.1, 0.15) is 36.5 Å². The van der Waals surface area contributed by atoms with Gasteiger partial charge in [0.15, 0.2) is 11.5 Å². The molecule has 1 atom stereocenters. The summed E-state index contributed by atoms with van der Waals surface area (Å²) in [6.45, 7) is 3.58. The first-order valence-corrected chi connectivity index (χ1v) is 7.46. The molecule has 0 spiro atoms. The Hall–Kier alpha value is -1.42. The summed E-state index contributed by atoms with van der Waals surface area (Å²) in [5.74, 6) is 2.87. The molecular formula is C16H21NO3. The van der Waals surface area contributed by atoms with Gasteiger partial charge in [-0.05, 0) is 19.8 Å². The molecule has 3 aliphatic rings. The van der Waals surface area contributed by atoms with E-state index in [0.29, 0.717) is 0 Å². The normalized spacial score (nSPS) is 22.6. The highest BCUT2D eigenvalue weighted by Gasteiger charge is 2.53. The third-order valence-corrected chi connectivity index (χ3v) is 5.12. The second-order valence-electron chi connectivity index (χ2n) is 6.17. The molecule has 1 saturated carbocycles. The molecule has 0 radical (unpaired) electrons. The third kappa shape index (κ3) is 1.40. The van der Waals surface area contributed by atoms with Crippen LogP contribution in [0.15, 0.2) is 0 Å². The van der Waals surface area contributed by atoms with E-state index in [1.54, 1.807) is 7.11 Å². The van der Waals surface area contributed by atoms with Crippen molar-refractivity contribution in [3.63, 3.8) is 0 Å². The number of hydrogen-bond donors (Lipinski definition) is 1. The van der Waals surface area contributed by atoms with Gasteiger partial charge in [0.2, 0.25) is 0 Å². The molecule has 4 nitrogen and oxygen atoms in total. The van der Waals surface area contributed by atoms with Crippen LogP contribution in [-0.2, 0) is 18.3 Å². The summed E-state index contributed by atoms with van der Waals surface area (Å²) in [5.41, 5.74) is 10.2. The van der Waals surface area contributed by atoms with Gasteiger partial charge in [-0.25, -0.2) is 0 Å². The van der Waals surface area contributed by atoms with Crippen LogP contribution in [0.3, 0.4) is 0 Å². The Morgan fingerprint density at radius 3 is 2.35 bits per heavy atom. The molecule has 1 aromatic rings. The van der Waals surface area contributed by atoms with Crippen molar-refractivity contribution in [2.75, 3.05) is 20.3 Å². The minimum absolute atomic E-state index is 0.0957. The summed E-state index contributed by atoms with van der Waals surface area (Å²) in [6.07, 6.45) is 4.14. The van der Waals surface area contributed by atoms with Gasteiger partial charge in [0.05, 0.1) is 20.3 Å². The zero-order valence-electron chi connectivity index (χ0n) is 12.1. The van der Waals surface area contributed by atoms with E-state index in [-0.39, 0.29) is 11.5 Å². The maximum absolute atomic E-state index is 6.30. The SMILES string of the molecule is COc1c2c(c(C3(C(C)N)CC3)c3c1OCC3)OCC2. The van der Waals surface area contributed by atoms with Gasteiger partial charge in [-0.2, -0.15) is 0 Å². The highest BCUT2D eigenvalue weighted by molar-refractivity contribution is 5.68. The summed E-state index contributed by atoms with van der Waals surface area (Å²) < 4.78 is 17.5. The molecule has 0 aromatic heterocycles. The van der Waals surface area contributed by atoms with E-state index >= 15 is 0 Å². The van der Waals surface area contributed by atoms with Crippen LogP contribution < -0.4 is 19.9 Å². The largest absolute Gasteiger partial charge is 0.492 e. The highest BCUT2D eigenvalue weighted by atomic mass is 16.5. The lowest BCUT2D eigenvalue weighted by Gasteiger charge is -2.26. The van der Waals surface area contributed by atoms with E-state index in [1.807, 2.05) is 0 Å². The number of methoxy groups -OCH3 is 1. The molecule has 2 heterocycles. The van der Waals surface area contributed by atoms with Crippen molar-refractivity contribution >= 4 is 0 Å². The monoisotopic (exact) mass is 275 g/mol. The third-order valence-electron chi connectivity index (χ3n) is 5.12. The van der Waals surface area contributed by atoms with Crippen molar-refractivity contribution in [2.45, 2.75) is 44.1 Å². The topological polar surface area (TPSA) is 53.7 Å². The number of benzene rings is 1. The molecule has 1 unspecified atom stereocenters. The van der Waals surface area contributed by atoms with Gasteiger partial charge < -0.3 is 19.9 Å². The fraction of sp³-hybridized carbons (Fsp3) is 0.625. The van der Waals surface area contributed by atoms with Crippen LogP contribution in [0.25, 0.3) is 0 Å². The molecule has 4 rings (SSSR count). The van der Waals surface area contributed by atoms with Gasteiger partial charge in [0.1, 0.15) is 5.75 Å². The second-order valence-corrected chi connectivity index (χ2v) is 6.17. The van der Waals surface area contributed by atoms with E-state index in [9.17, 15) is 0 Å². The average molecular weight is 275 g/mol. The van der Waals surface area contributed by atoms with E-state index in [2.05, 4.69) is 6.92 Å². The molecule has 108 valence electrons. The van der Waals surface area contributed by atoms with E-state index < -0.39 is 0 Å². The van der Waals surface area contributed by atoms with Crippen LogP contribution in [0.4, 0.5) is 0 Å². The lowest BCUT2D eigenvalue weighted by Crippen LogP contribution is -2.32. The lowest BCUT2D eigenvalue weighted by atomic mass is 9.83. The van der Waals surface area contributed by atoms with Gasteiger partial charge in [0, 0.05) is 41.0 Å². The van der Waals surface area contributed by atoms with Crippen molar-refractivity contribution in [3.8, 4) is 17.2 Å². The van der Waals surface area contributed by atoms with E-state index in [0.717, 1.165) is 56.1 Å². The molecule has 0 saturated heterocycles. The van der Waals surface area contributed by atoms with Crippen LogP contribution >= 0.6 is 0 Å². The molecule has 0 amide bonds. The Morgan fingerprint density at radius 2 is 1.75 bits per heavy atom. The molecule has 2 N–H and O–H groups in total. The zero-order valence-corrected chi connectivity index (χ0v) is 12.1. The predicted molar refractivity (Wildman–Crippen MR) is 76.0 cm³/mol. The summed E-state index contributed by atoms with van der Waals surface area (Å²) in [7, 11) is 1.72. The Labute approximate surface area is 119 Å². The van der Waals surface area contributed by atoms with Crippen LogP contribution in [0.2, 0.25) is 0 Å². The van der Waals surface area contributed by atoms with Crippen molar-refractivity contribution in [2.24, 2.45) is 5.73 Å². The Morgan fingerprint density at radius 1 is 1.10 bits per heavy atom. The Bertz CT molecular complexity index is 541. The van der Waals surface area contributed by atoms with Gasteiger partial charge in [-0.1, -0.05) is 0 Å². The number of hydrogen-bond acceptors (Lipinski definition) is 4. The second kappa shape index (κ2) is 4.04. The molecular weight excluding hydrogens is 254 g/mol. The fourth-order valence-corrected chi connectivity index (χ4v) is 3.88. The predicted octanol–water partition coefficient (Wildman–Crippen LogP) is 1.94. The summed E-state index contributed by atoms with van der Waals surface area (Å²) in [5, 5.41) is 0. The first-order valence-electron chi connectivity index (χ1n) is 7.46. The highest BCUT2D eigenvalue weighted by Crippen LogP contribution is 2.60. The van der Waals surface area contributed by atoms with Gasteiger partial charge in [-0.3, -0.25) is 0 Å². The van der Waals surface area contributed by atoms with Gasteiger partial charge >= 0.3 is 0 Å². The minimum atomic E-state index is 0.0957. The zero-order chi connectivity index (χ0) is 13.9. The maximum atomic E-state index is 6.30. The molecule has 1 fully saturated rings. The van der Waals surface area contributed by atoms with Crippen LogP contribution in [-0.4, -0.2) is 26.4 Å². The molecule has 20 heavy (non-hydrogen) atoms. The summed E-state index contributed by atoms with van der Waals surface area (Å²) in [4.78, 5) is 0. The summed E-state index contributed by atoms with van der Waals surface area (Å²) in [6, 6.07) is 0.147. The fourth-order valence-electron chi connectivity index (χ4n) is 3.88. The lowest BCUT2D eigenvalue weighted by molar-refractivity contribution is 0.324. The van der Waals surface area contributed by atoms with Crippen molar-refractivity contribution in [1.82, 2.24) is 0 Å². The van der Waals surface area contributed by atoms with Crippen LogP contribution in [0.5, 0.6) is 17.2 Å². The molecule has 1 aromatic carbocycles. The molecule has 4 heteroatoms. The molecule has 2 aliphatic heterocycles. The smallest absolute Gasteiger partial charge is 0.168 e. The van der Waals surface area contributed by atoms with Crippen LogP contribution in [0, 0.1) is 0 Å². The van der Waals surface area contributed by atoms with Gasteiger partial charge in [-0.15, -0.1) is 0 Å². The van der Waals surface area contributed by atoms with Gasteiger partial charge in [0.25, 0.3) is 0 Å². The quantitative estimate of drug-likeness (QED) is 0.916. The number of fused-ring (bicyclic) bond motifs is 2. The summed E-state index contributed by atoms with van der Waals surface area (Å²) >= 11 is 0. The minimum Gasteiger partial charge on any atom is -0.492 e. The number of nitrogens with two attached hydrogens (primary N) is 1. The van der Waals surface area contributed by atoms with E-state index in [4.69, 9.17) is 19.9 Å². The van der Waals surface area contributed by atoms with E-state index in [1.165, 1.54) is 16.7 Å². The van der Waals surface area contributed by atoms with Crippen molar-refractivity contribution in [3.05, 3.63) is 16.7 Å².